The fourth-order valence-electron chi connectivity index (χ4n) is 2.43. The molecule has 0 bridgehead atoms. The Balaban J connectivity index is 1.90. The van der Waals surface area contributed by atoms with E-state index in [1.165, 1.54) is 0 Å². The van der Waals surface area contributed by atoms with Gasteiger partial charge >= 0.3 is 0 Å². The van der Waals surface area contributed by atoms with Gasteiger partial charge < -0.3 is 20.5 Å². The molecule has 17 heavy (non-hydrogen) atoms. The Morgan fingerprint density at radius 2 is 2.06 bits per heavy atom. The van der Waals surface area contributed by atoms with Crippen LogP contribution in [0, 0.1) is 0 Å². The summed E-state index contributed by atoms with van der Waals surface area (Å²) in [6, 6.07) is 0. The normalized spacial score (nSPS) is 28.6. The molecule has 2 aliphatic rings. The zero-order chi connectivity index (χ0) is 12.1. The second-order valence-electron chi connectivity index (χ2n) is 4.94. The second kappa shape index (κ2) is 5.80. The molecule has 0 aromatic carbocycles. The summed E-state index contributed by atoms with van der Waals surface area (Å²) >= 11 is 0. The first-order chi connectivity index (χ1) is 8.26. The smallest absolute Gasteiger partial charge is 0.249 e. The zero-order valence-corrected chi connectivity index (χ0v) is 10.2. The fraction of sp³-hybridized carbons (Fsp3) is 0.917. The SMILES string of the molecule is NCC1(NC(=O)C2CCCCO2)CCOCC1. The molecule has 1 unspecified atom stereocenters. The summed E-state index contributed by atoms with van der Waals surface area (Å²) in [7, 11) is 0. The van der Waals surface area contributed by atoms with Gasteiger partial charge in [0.25, 0.3) is 0 Å². The summed E-state index contributed by atoms with van der Waals surface area (Å²) in [5.74, 6) is -0.00273. The van der Waals surface area contributed by atoms with E-state index in [2.05, 4.69) is 5.32 Å². The van der Waals surface area contributed by atoms with E-state index in [0.717, 1.165) is 32.1 Å². The highest BCUT2D eigenvalue weighted by Gasteiger charge is 2.35. The maximum atomic E-state index is 12.1. The number of nitrogens with one attached hydrogen (secondary N) is 1. The first-order valence-electron chi connectivity index (χ1n) is 6.47. The lowest BCUT2D eigenvalue weighted by atomic mass is 9.89. The molecular weight excluding hydrogens is 220 g/mol. The molecule has 1 amide bonds. The van der Waals surface area contributed by atoms with E-state index < -0.39 is 0 Å². The number of ether oxygens (including phenoxy) is 2. The molecule has 0 aromatic heterocycles. The average Bonchev–Trinajstić information content (AvgIpc) is 2.41. The van der Waals surface area contributed by atoms with Crippen LogP contribution in [0.4, 0.5) is 0 Å². The van der Waals surface area contributed by atoms with Crippen molar-refractivity contribution >= 4 is 5.91 Å². The third-order valence-corrected chi connectivity index (χ3v) is 3.70. The van der Waals surface area contributed by atoms with Gasteiger partial charge in [0.05, 0.1) is 5.54 Å². The van der Waals surface area contributed by atoms with Crippen molar-refractivity contribution < 1.29 is 14.3 Å². The van der Waals surface area contributed by atoms with Gasteiger partial charge in [-0.15, -0.1) is 0 Å². The van der Waals surface area contributed by atoms with Crippen molar-refractivity contribution in [2.75, 3.05) is 26.4 Å². The molecule has 3 N–H and O–H groups in total. The molecular formula is C12H22N2O3. The number of carbonyl (C=O) groups excluding carboxylic acids is 1. The van der Waals surface area contributed by atoms with Gasteiger partial charge in [0.15, 0.2) is 0 Å². The van der Waals surface area contributed by atoms with Crippen molar-refractivity contribution in [1.82, 2.24) is 5.32 Å². The monoisotopic (exact) mass is 242 g/mol. The highest BCUT2D eigenvalue weighted by Crippen LogP contribution is 2.21. The third-order valence-electron chi connectivity index (χ3n) is 3.70. The largest absolute Gasteiger partial charge is 0.381 e. The van der Waals surface area contributed by atoms with Crippen molar-refractivity contribution in [3.63, 3.8) is 0 Å². The van der Waals surface area contributed by atoms with E-state index in [4.69, 9.17) is 15.2 Å². The Hall–Kier alpha value is -0.650. The lowest BCUT2D eigenvalue weighted by molar-refractivity contribution is -0.138. The van der Waals surface area contributed by atoms with Crippen LogP contribution in [0.1, 0.15) is 32.1 Å². The van der Waals surface area contributed by atoms with Crippen LogP contribution in [0.15, 0.2) is 0 Å². The van der Waals surface area contributed by atoms with Gasteiger partial charge in [-0.25, -0.2) is 0 Å². The van der Waals surface area contributed by atoms with Crippen molar-refractivity contribution in [2.45, 2.75) is 43.7 Å². The minimum Gasteiger partial charge on any atom is -0.381 e. The van der Waals surface area contributed by atoms with Crippen LogP contribution in [-0.4, -0.2) is 43.9 Å². The summed E-state index contributed by atoms with van der Waals surface area (Å²) in [6.45, 7) is 2.50. The summed E-state index contributed by atoms with van der Waals surface area (Å²) in [4.78, 5) is 12.1. The first-order valence-corrected chi connectivity index (χ1v) is 6.47. The van der Waals surface area contributed by atoms with E-state index in [9.17, 15) is 4.79 Å². The summed E-state index contributed by atoms with van der Waals surface area (Å²) in [5, 5.41) is 3.08. The Morgan fingerprint density at radius 3 is 2.65 bits per heavy atom. The lowest BCUT2D eigenvalue weighted by Gasteiger charge is -2.38. The molecule has 5 nitrogen and oxygen atoms in total. The van der Waals surface area contributed by atoms with E-state index >= 15 is 0 Å². The number of carbonyl (C=O) groups is 1. The predicted molar refractivity (Wildman–Crippen MR) is 63.6 cm³/mol. The van der Waals surface area contributed by atoms with E-state index in [0.29, 0.717) is 26.4 Å². The molecule has 1 atom stereocenters. The van der Waals surface area contributed by atoms with Crippen molar-refractivity contribution in [3.8, 4) is 0 Å². The summed E-state index contributed by atoms with van der Waals surface area (Å²) < 4.78 is 10.8. The Labute approximate surface area is 102 Å². The highest BCUT2D eigenvalue weighted by molar-refractivity contribution is 5.81. The van der Waals surface area contributed by atoms with Gasteiger partial charge in [0, 0.05) is 26.4 Å². The van der Waals surface area contributed by atoms with Gasteiger partial charge in [-0.3, -0.25) is 4.79 Å². The van der Waals surface area contributed by atoms with Crippen LogP contribution >= 0.6 is 0 Å². The maximum absolute atomic E-state index is 12.1. The molecule has 2 saturated heterocycles. The number of hydrogen-bond acceptors (Lipinski definition) is 4. The summed E-state index contributed by atoms with van der Waals surface area (Å²) in [5.41, 5.74) is 5.52. The quantitative estimate of drug-likeness (QED) is 0.740. The van der Waals surface area contributed by atoms with Crippen LogP contribution in [-0.2, 0) is 14.3 Å². The standard InChI is InChI=1S/C12H22N2O3/c13-9-12(4-7-16-8-5-12)14-11(15)10-3-1-2-6-17-10/h10H,1-9,13H2,(H,14,15). The van der Waals surface area contributed by atoms with Gasteiger partial charge in [-0.05, 0) is 32.1 Å². The Kier molecular flexibility index (Phi) is 4.36. The van der Waals surface area contributed by atoms with Crippen LogP contribution in [0.25, 0.3) is 0 Å². The third kappa shape index (κ3) is 3.18. The molecule has 0 aromatic rings. The second-order valence-corrected chi connectivity index (χ2v) is 4.94. The first kappa shape index (κ1) is 12.8. The van der Waals surface area contributed by atoms with E-state index in [1.54, 1.807) is 0 Å². The van der Waals surface area contributed by atoms with Crippen LogP contribution in [0.2, 0.25) is 0 Å². The van der Waals surface area contributed by atoms with E-state index in [-0.39, 0.29) is 17.6 Å². The Bertz CT molecular complexity index is 258. The number of rotatable bonds is 3. The number of amides is 1. The highest BCUT2D eigenvalue weighted by atomic mass is 16.5. The number of hydrogen-bond donors (Lipinski definition) is 2. The van der Waals surface area contributed by atoms with Gasteiger partial charge in [-0.2, -0.15) is 0 Å². The molecule has 2 heterocycles. The molecule has 0 aliphatic carbocycles. The van der Waals surface area contributed by atoms with Gasteiger partial charge in [0.2, 0.25) is 5.91 Å². The number of nitrogens with two attached hydrogens (primary N) is 1. The van der Waals surface area contributed by atoms with Crippen LogP contribution in [0.3, 0.4) is 0 Å². The zero-order valence-electron chi connectivity index (χ0n) is 10.2. The molecule has 98 valence electrons. The molecule has 5 heteroatoms. The molecule has 2 rings (SSSR count). The predicted octanol–water partition coefficient (Wildman–Crippen LogP) is 0.180. The van der Waals surface area contributed by atoms with Gasteiger partial charge in [-0.1, -0.05) is 0 Å². The van der Waals surface area contributed by atoms with Crippen LogP contribution in [0.5, 0.6) is 0 Å². The minimum atomic E-state index is -0.282. The van der Waals surface area contributed by atoms with Crippen LogP contribution < -0.4 is 11.1 Å². The molecule has 2 fully saturated rings. The maximum Gasteiger partial charge on any atom is 0.249 e. The topological polar surface area (TPSA) is 73.6 Å². The minimum absolute atomic E-state index is 0.00273. The van der Waals surface area contributed by atoms with Gasteiger partial charge in [0.1, 0.15) is 6.10 Å². The molecule has 2 aliphatic heterocycles. The molecule has 0 radical (unpaired) electrons. The van der Waals surface area contributed by atoms with Crippen molar-refractivity contribution in [3.05, 3.63) is 0 Å². The van der Waals surface area contributed by atoms with Crippen molar-refractivity contribution in [1.29, 1.82) is 0 Å². The lowest BCUT2D eigenvalue weighted by Crippen LogP contribution is -2.59. The average molecular weight is 242 g/mol. The molecule has 0 spiro atoms. The molecule has 0 saturated carbocycles. The Morgan fingerprint density at radius 1 is 1.29 bits per heavy atom. The van der Waals surface area contributed by atoms with E-state index in [1.807, 2.05) is 0 Å². The fourth-order valence-corrected chi connectivity index (χ4v) is 2.43. The van der Waals surface area contributed by atoms with Crippen molar-refractivity contribution in [2.24, 2.45) is 5.73 Å². The summed E-state index contributed by atoms with van der Waals surface area (Å²) in [6.07, 6.45) is 4.25.